The van der Waals surface area contributed by atoms with Crippen molar-refractivity contribution in [3.8, 4) is 0 Å². The highest BCUT2D eigenvalue weighted by molar-refractivity contribution is 6.39. The minimum Gasteiger partial charge on any atom is -0.460 e. The molecule has 74 heavy (non-hydrogen) atoms. The number of hydrogen-bond acceptors (Lipinski definition) is 14. The monoisotopic (exact) mass is 1030 g/mol. The second-order valence-electron chi connectivity index (χ2n) is 21.8. The first-order valence-electron chi connectivity index (χ1n) is 27.1. The van der Waals surface area contributed by atoms with Crippen LogP contribution in [-0.2, 0) is 52.4 Å². The first-order valence-corrected chi connectivity index (χ1v) is 27.1. The number of hydrogen-bond donors (Lipinski definition) is 3. The van der Waals surface area contributed by atoms with Crippen LogP contribution in [0.15, 0.2) is 77.9 Å². The zero-order valence-corrected chi connectivity index (χ0v) is 45.7. The molecule has 2 saturated heterocycles. The van der Waals surface area contributed by atoms with Gasteiger partial charge in [0.05, 0.1) is 31.0 Å². The van der Waals surface area contributed by atoms with Crippen LogP contribution in [0.1, 0.15) is 137 Å². The smallest absolute Gasteiger partial charge is 0.329 e. The van der Waals surface area contributed by atoms with Gasteiger partial charge in [0.2, 0.25) is 5.79 Å². The van der Waals surface area contributed by atoms with E-state index in [1.54, 1.807) is 41.1 Å². The van der Waals surface area contributed by atoms with Gasteiger partial charge in [-0.05, 0) is 113 Å². The highest BCUT2D eigenvalue weighted by Gasteiger charge is 2.53. The molecule has 3 N–H and O–H groups in total. The Balaban J connectivity index is 1.49. The van der Waals surface area contributed by atoms with Crippen molar-refractivity contribution in [2.45, 2.75) is 186 Å². The number of piperidine rings is 1. The lowest BCUT2D eigenvalue weighted by Crippen LogP contribution is -2.61. The molecule has 2 bridgehead atoms. The van der Waals surface area contributed by atoms with E-state index in [0.717, 1.165) is 11.1 Å². The van der Waals surface area contributed by atoms with Crippen LogP contribution in [0.25, 0.3) is 0 Å². The molecule has 1 aromatic carbocycles. The molecular weight excluding hydrogens is 947 g/mol. The number of carbonyl (C=O) groups is 5. The average molecular weight is 1030 g/mol. The number of Topliss-reactive ketones (excluding diaryl/α,β-unsaturated/α-hetero) is 3. The molecule has 2 unspecified atom stereocenters. The number of carbonyl (C=O) groups excluding carboxylic acids is 5. The molecule has 1 amide bonds. The number of nitrogens with zero attached hydrogens (tertiary/aromatic N) is 1. The number of aliphatic hydroxyl groups is 3. The largest absolute Gasteiger partial charge is 0.460 e. The fourth-order valence-electron chi connectivity index (χ4n) is 11.2. The van der Waals surface area contributed by atoms with E-state index in [4.69, 9.17) is 28.4 Å². The molecule has 3 fully saturated rings. The molecule has 1 aromatic rings. The third kappa shape index (κ3) is 16.2. The summed E-state index contributed by atoms with van der Waals surface area (Å²) in [4.78, 5) is 72.8. The van der Waals surface area contributed by atoms with Crippen LogP contribution in [0.3, 0.4) is 0 Å². The third-order valence-electron chi connectivity index (χ3n) is 16.1. The van der Waals surface area contributed by atoms with Gasteiger partial charge < -0.3 is 48.6 Å². The fraction of sp³-hybridized carbons (Fsp3) is 0.678. The predicted molar refractivity (Wildman–Crippen MR) is 280 cm³/mol. The van der Waals surface area contributed by atoms with E-state index in [1.807, 2.05) is 88.4 Å². The van der Waals surface area contributed by atoms with E-state index in [2.05, 4.69) is 0 Å². The topological polar surface area (TPSA) is 205 Å². The lowest BCUT2D eigenvalue weighted by Gasteiger charge is -2.43. The lowest BCUT2D eigenvalue weighted by atomic mass is 9.78. The summed E-state index contributed by atoms with van der Waals surface area (Å²) in [6.45, 7) is 12.9. The van der Waals surface area contributed by atoms with Gasteiger partial charge in [0.1, 0.15) is 36.2 Å². The zero-order chi connectivity index (χ0) is 54.3. The molecule has 4 aliphatic rings. The molecule has 0 aromatic heterocycles. The number of ether oxygens (including phenoxy) is 6. The van der Waals surface area contributed by atoms with E-state index in [0.29, 0.717) is 63.4 Å². The number of fused-ring (bicyclic) bond motifs is 3. The van der Waals surface area contributed by atoms with Crippen molar-refractivity contribution < 1.29 is 67.7 Å². The number of cyclic esters (lactones) is 1. The van der Waals surface area contributed by atoms with Gasteiger partial charge in [-0.1, -0.05) is 101 Å². The molecule has 5 rings (SSSR count). The summed E-state index contributed by atoms with van der Waals surface area (Å²) in [5, 5.41) is 34.3. The highest BCUT2D eigenvalue weighted by atomic mass is 16.6. The van der Waals surface area contributed by atoms with Crippen LogP contribution in [0.4, 0.5) is 0 Å². The predicted octanol–water partition coefficient (Wildman–Crippen LogP) is 7.94. The second-order valence-corrected chi connectivity index (χ2v) is 21.8. The van der Waals surface area contributed by atoms with Crippen LogP contribution in [-0.4, -0.2) is 138 Å². The molecule has 1 saturated carbocycles. The van der Waals surface area contributed by atoms with Gasteiger partial charge in [-0.3, -0.25) is 19.2 Å². The molecular formula is C59H87NO14. The first-order chi connectivity index (χ1) is 35.2. The van der Waals surface area contributed by atoms with Crippen molar-refractivity contribution in [3.63, 3.8) is 0 Å². The van der Waals surface area contributed by atoms with Crippen LogP contribution < -0.4 is 0 Å². The average Bonchev–Trinajstić information content (AvgIpc) is 3.39. The van der Waals surface area contributed by atoms with E-state index in [9.17, 15) is 39.3 Å². The maximum absolute atomic E-state index is 14.5. The Morgan fingerprint density at radius 3 is 2.26 bits per heavy atom. The van der Waals surface area contributed by atoms with Crippen LogP contribution in [0, 0.1) is 35.5 Å². The van der Waals surface area contributed by atoms with Crippen molar-refractivity contribution in [2.24, 2.45) is 35.5 Å². The Morgan fingerprint density at radius 2 is 1.57 bits per heavy atom. The van der Waals surface area contributed by atoms with Crippen LogP contribution >= 0.6 is 0 Å². The maximum atomic E-state index is 14.5. The Bertz CT molecular complexity index is 2140. The van der Waals surface area contributed by atoms with E-state index in [1.165, 1.54) is 12.0 Å². The van der Waals surface area contributed by atoms with Crippen molar-refractivity contribution in [1.29, 1.82) is 0 Å². The number of ketones is 3. The summed E-state index contributed by atoms with van der Waals surface area (Å²) in [7, 11) is 4.56. The SMILES string of the molecule is CO[C@H](COC1C[C@@H]2CC[C@@H](C)[C@@](O)(O2)C(=O)C(=O)N2CCCCC2C(=O)O[C@H]([C@H](C)C[C@@H]2CC[C@@H](O)[C@H](OC)C2)CC(=O)[C@H](C)/C=C(\C)[C@@H](O)[C@@H](OC)C(=O)[C@H](C)C[C@H](C)/C=C/C=C/C=C/1C)c1ccccc1. The Morgan fingerprint density at radius 1 is 0.838 bits per heavy atom. The van der Waals surface area contributed by atoms with E-state index >= 15 is 0 Å². The number of rotatable bonds is 10. The maximum Gasteiger partial charge on any atom is 0.329 e. The molecule has 16 atom stereocenters. The van der Waals surface area contributed by atoms with Gasteiger partial charge in [0, 0.05) is 58.5 Å². The molecule has 0 spiro atoms. The van der Waals surface area contributed by atoms with Crippen molar-refractivity contribution >= 4 is 29.2 Å². The van der Waals surface area contributed by atoms with Crippen LogP contribution in [0.5, 0.6) is 0 Å². The van der Waals surface area contributed by atoms with Gasteiger partial charge in [-0.15, -0.1) is 0 Å². The molecule has 412 valence electrons. The number of aliphatic hydroxyl groups excluding tert-OH is 2. The summed E-state index contributed by atoms with van der Waals surface area (Å²) >= 11 is 0. The Hall–Kier alpha value is -4.19. The standard InChI is InChI=1S/C59H87NO14/c1-36-19-13-11-14-20-37(2)49(72-35-52(70-9)44-21-15-12-16-22-44)33-45-26-24-42(7)59(68,74-45)56(65)57(66)60-28-18-17-23-46(60)58(67)73-50(39(4)31-43-25-27-47(61)51(32-43)69-8)34-48(62)38(3)30-41(6)54(64)55(71-10)53(63)40(5)29-36/h11-16,19-22,30,36,38-40,42-43,45-47,49-52,54-55,61,64,68H,17-18,23-29,31-35H2,1-10H3/b14-11+,19-13+,37-20+,41-30+/t36-,38-,39-,40-,42-,43+,45+,46?,47-,49?,50+,51-,52-,54-,55+,59-/m1/s1. The Labute approximate surface area is 440 Å². The highest BCUT2D eigenvalue weighted by Crippen LogP contribution is 2.38. The Kier molecular flexibility index (Phi) is 23.6. The zero-order valence-electron chi connectivity index (χ0n) is 45.7. The van der Waals surface area contributed by atoms with E-state index < -0.39 is 83.9 Å². The molecule has 0 radical (unpaired) electrons. The summed E-state index contributed by atoms with van der Waals surface area (Å²) in [6, 6.07) is 8.53. The third-order valence-corrected chi connectivity index (χ3v) is 16.1. The molecule has 3 heterocycles. The molecule has 15 nitrogen and oxygen atoms in total. The number of benzene rings is 1. The van der Waals surface area contributed by atoms with Crippen molar-refractivity contribution in [1.82, 2.24) is 4.90 Å². The minimum atomic E-state index is -2.49. The molecule has 15 heteroatoms. The molecule has 1 aliphatic carbocycles. The number of amides is 1. The van der Waals surface area contributed by atoms with E-state index in [-0.39, 0.29) is 73.9 Å². The number of methoxy groups -OCH3 is 3. The number of allylic oxidation sites excluding steroid dienone is 6. The van der Waals surface area contributed by atoms with Gasteiger partial charge in [0.25, 0.3) is 11.7 Å². The summed E-state index contributed by atoms with van der Waals surface area (Å²) in [5.41, 5.74) is 2.15. The quantitative estimate of drug-likeness (QED) is 0.116. The fourth-order valence-corrected chi connectivity index (χ4v) is 11.2. The van der Waals surface area contributed by atoms with Gasteiger partial charge in [0.15, 0.2) is 5.78 Å². The van der Waals surface area contributed by atoms with Crippen LogP contribution in [0.2, 0.25) is 0 Å². The van der Waals surface area contributed by atoms with Crippen molar-refractivity contribution in [3.05, 3.63) is 83.5 Å². The van der Waals surface area contributed by atoms with Gasteiger partial charge in [-0.25, -0.2) is 4.79 Å². The summed E-state index contributed by atoms with van der Waals surface area (Å²) in [6.07, 6.45) is 10.2. The van der Waals surface area contributed by atoms with Crippen molar-refractivity contribution in [2.75, 3.05) is 34.5 Å². The summed E-state index contributed by atoms with van der Waals surface area (Å²) < 4.78 is 36.3. The number of esters is 1. The second kappa shape index (κ2) is 28.8. The summed E-state index contributed by atoms with van der Waals surface area (Å²) in [5.74, 6) is -8.25. The van der Waals surface area contributed by atoms with Gasteiger partial charge in [-0.2, -0.15) is 0 Å². The minimum absolute atomic E-state index is 0.0147. The normalized spacial score (nSPS) is 37.3. The van der Waals surface area contributed by atoms with Gasteiger partial charge >= 0.3 is 5.97 Å². The molecule has 3 aliphatic heterocycles. The lowest BCUT2D eigenvalue weighted by molar-refractivity contribution is -0.266. The first kappa shape index (κ1) is 60.7.